The van der Waals surface area contributed by atoms with Crippen LogP contribution in [0, 0.1) is 11.8 Å². The van der Waals surface area contributed by atoms with Gasteiger partial charge in [-0.25, -0.2) is 0 Å². The molecular formula is C30H39N3O4S. The normalized spacial score (nSPS) is 33.3. The van der Waals surface area contributed by atoms with Gasteiger partial charge in [-0.05, 0) is 50.1 Å². The number of carbonyl (C=O) groups excluding carboxylic acids is 3. The Kier molecular flexibility index (Phi) is 7.29. The number of anilines is 1. The molecule has 0 aromatic heterocycles. The number of nitrogens with one attached hydrogen (secondary N) is 2. The van der Waals surface area contributed by atoms with E-state index >= 15 is 0 Å². The van der Waals surface area contributed by atoms with Gasteiger partial charge in [0.15, 0.2) is 0 Å². The van der Waals surface area contributed by atoms with Gasteiger partial charge in [0.05, 0.1) is 17.9 Å². The minimum Gasteiger partial charge on any atom is -0.359 e. The molecule has 2 saturated heterocycles. The first kappa shape index (κ1) is 25.9. The summed E-state index contributed by atoms with van der Waals surface area (Å²) in [5.41, 5.74) is -0.379. The van der Waals surface area contributed by atoms with Gasteiger partial charge in [0, 0.05) is 22.7 Å². The van der Waals surface area contributed by atoms with Crippen LogP contribution in [-0.4, -0.2) is 58.7 Å². The van der Waals surface area contributed by atoms with E-state index in [2.05, 4.69) is 10.6 Å². The van der Waals surface area contributed by atoms with Crippen molar-refractivity contribution in [1.82, 2.24) is 10.2 Å². The average molecular weight is 538 g/mol. The van der Waals surface area contributed by atoms with Crippen LogP contribution in [0.4, 0.5) is 5.69 Å². The lowest BCUT2D eigenvalue weighted by Crippen LogP contribution is -2.58. The average Bonchev–Trinajstić information content (AvgIpc) is 3.48. The molecule has 0 unspecified atom stereocenters. The van der Waals surface area contributed by atoms with E-state index in [0.717, 1.165) is 69.1 Å². The van der Waals surface area contributed by atoms with E-state index in [-0.39, 0.29) is 29.8 Å². The molecule has 2 saturated carbocycles. The second-order valence-electron chi connectivity index (χ2n) is 11.7. The number of likely N-dealkylation sites (tertiary alicyclic amines) is 1. The molecule has 204 valence electrons. The van der Waals surface area contributed by atoms with E-state index in [4.69, 9.17) is 4.74 Å². The van der Waals surface area contributed by atoms with Gasteiger partial charge in [-0.15, -0.1) is 11.8 Å². The lowest BCUT2D eigenvalue weighted by molar-refractivity contribution is -0.144. The maximum Gasteiger partial charge on any atom is 0.246 e. The first-order chi connectivity index (χ1) is 18.5. The fourth-order valence-corrected chi connectivity index (χ4v) is 8.05. The van der Waals surface area contributed by atoms with E-state index in [9.17, 15) is 14.4 Å². The largest absolute Gasteiger partial charge is 0.359 e. The first-order valence-electron chi connectivity index (χ1n) is 14.5. The number of fused-ring (bicyclic) bond motifs is 1. The summed E-state index contributed by atoms with van der Waals surface area (Å²) in [5.74, 6) is -1.77. The zero-order valence-corrected chi connectivity index (χ0v) is 23.0. The summed E-state index contributed by atoms with van der Waals surface area (Å²) in [7, 11) is 0. The highest BCUT2D eigenvalue weighted by molar-refractivity contribution is 7.98. The number of amides is 3. The molecule has 1 spiro atoms. The smallest absolute Gasteiger partial charge is 0.246 e. The molecule has 5 atom stereocenters. The van der Waals surface area contributed by atoms with Crippen LogP contribution in [0.2, 0.25) is 0 Å². The molecule has 1 aromatic rings. The standard InChI is InChI=1S/C30H39N3O4S/c1-38-22-15-9-12-20(18-22)32-27(34)24-23-16-17-30(37-23)25(24)29(36)33(21-13-7-2-3-8-14-21)26(30)28(35)31-19-10-5-4-6-11-19/h9,12,15-19,21,23-26H,2-8,10-11,13-14H2,1H3,(H,31,35)(H,32,34)/t23-,24+,25-,26-,30-/m0/s1. The van der Waals surface area contributed by atoms with E-state index < -0.39 is 29.6 Å². The fourth-order valence-electron chi connectivity index (χ4n) is 7.59. The monoisotopic (exact) mass is 537 g/mol. The van der Waals surface area contributed by atoms with Crippen LogP contribution in [0.1, 0.15) is 70.6 Å². The number of thioether (sulfide) groups is 1. The van der Waals surface area contributed by atoms with Crippen molar-refractivity contribution < 1.29 is 19.1 Å². The Labute approximate surface area is 229 Å². The zero-order valence-electron chi connectivity index (χ0n) is 22.2. The van der Waals surface area contributed by atoms with Crippen molar-refractivity contribution in [3.05, 3.63) is 36.4 Å². The Balaban J connectivity index is 1.31. The molecule has 2 aliphatic carbocycles. The summed E-state index contributed by atoms with van der Waals surface area (Å²) in [6.07, 6.45) is 16.9. The van der Waals surface area contributed by atoms with Gasteiger partial charge in [-0.1, -0.05) is 63.2 Å². The fraction of sp³-hybridized carbons (Fsp3) is 0.633. The van der Waals surface area contributed by atoms with E-state index in [0.29, 0.717) is 5.69 Å². The summed E-state index contributed by atoms with van der Waals surface area (Å²) in [6, 6.07) is 7.14. The maximum atomic E-state index is 14.3. The quantitative estimate of drug-likeness (QED) is 0.313. The molecule has 2 bridgehead atoms. The Morgan fingerprint density at radius 3 is 2.45 bits per heavy atom. The third-order valence-electron chi connectivity index (χ3n) is 9.37. The maximum absolute atomic E-state index is 14.3. The SMILES string of the molecule is CSc1cccc(NC(=O)[C@@H]2[C@@H]3C=C[C@]4(O3)[C@@H]2C(=O)N(C2CCCCCC2)[C@H]4C(=O)NC2CCCCC2)c1. The summed E-state index contributed by atoms with van der Waals surface area (Å²) in [6.45, 7) is 0. The minimum atomic E-state index is -1.09. The van der Waals surface area contributed by atoms with Gasteiger partial charge in [-0.3, -0.25) is 14.4 Å². The van der Waals surface area contributed by atoms with Crippen LogP contribution >= 0.6 is 11.8 Å². The highest BCUT2D eigenvalue weighted by atomic mass is 32.2. The van der Waals surface area contributed by atoms with Gasteiger partial charge in [0.2, 0.25) is 17.7 Å². The van der Waals surface area contributed by atoms with Gasteiger partial charge in [0.1, 0.15) is 11.6 Å². The Hall–Kier alpha value is -2.32. The Bertz CT molecular complexity index is 1110. The number of hydrogen-bond donors (Lipinski definition) is 2. The van der Waals surface area contributed by atoms with Crippen molar-refractivity contribution in [2.75, 3.05) is 11.6 Å². The molecule has 3 heterocycles. The van der Waals surface area contributed by atoms with Gasteiger partial charge in [-0.2, -0.15) is 0 Å². The van der Waals surface area contributed by atoms with Crippen molar-refractivity contribution in [2.24, 2.45) is 11.8 Å². The molecule has 6 rings (SSSR count). The Morgan fingerprint density at radius 1 is 1.00 bits per heavy atom. The van der Waals surface area contributed by atoms with Crippen molar-refractivity contribution >= 4 is 35.2 Å². The molecule has 3 aliphatic heterocycles. The van der Waals surface area contributed by atoms with E-state index in [1.807, 2.05) is 47.6 Å². The molecule has 5 aliphatic rings. The number of hydrogen-bond acceptors (Lipinski definition) is 5. The minimum absolute atomic E-state index is 0.00472. The van der Waals surface area contributed by atoms with Crippen LogP contribution in [0.5, 0.6) is 0 Å². The molecule has 38 heavy (non-hydrogen) atoms. The van der Waals surface area contributed by atoms with Crippen molar-refractivity contribution in [1.29, 1.82) is 0 Å². The van der Waals surface area contributed by atoms with Gasteiger partial charge >= 0.3 is 0 Å². The highest BCUT2D eigenvalue weighted by Gasteiger charge is 2.73. The van der Waals surface area contributed by atoms with Crippen LogP contribution < -0.4 is 10.6 Å². The first-order valence-corrected chi connectivity index (χ1v) is 15.7. The molecule has 3 amide bonds. The van der Waals surface area contributed by atoms with Crippen molar-refractivity contribution in [3.8, 4) is 0 Å². The molecule has 7 nitrogen and oxygen atoms in total. The predicted molar refractivity (Wildman–Crippen MR) is 148 cm³/mol. The number of rotatable bonds is 6. The number of nitrogens with zero attached hydrogens (tertiary/aromatic N) is 1. The summed E-state index contributed by atoms with van der Waals surface area (Å²) in [5, 5.41) is 6.35. The number of ether oxygens (including phenoxy) is 1. The summed E-state index contributed by atoms with van der Waals surface area (Å²) < 4.78 is 6.55. The molecular weight excluding hydrogens is 498 g/mol. The second-order valence-corrected chi connectivity index (χ2v) is 12.5. The molecule has 1 aromatic carbocycles. The number of carbonyl (C=O) groups is 3. The summed E-state index contributed by atoms with van der Waals surface area (Å²) in [4.78, 5) is 45.0. The summed E-state index contributed by atoms with van der Waals surface area (Å²) >= 11 is 1.61. The van der Waals surface area contributed by atoms with E-state index in [1.54, 1.807) is 11.8 Å². The van der Waals surface area contributed by atoms with Crippen LogP contribution in [-0.2, 0) is 19.1 Å². The molecule has 0 radical (unpaired) electrons. The van der Waals surface area contributed by atoms with Crippen LogP contribution in [0.15, 0.2) is 41.3 Å². The van der Waals surface area contributed by atoms with E-state index in [1.165, 1.54) is 6.42 Å². The lowest BCUT2D eigenvalue weighted by Gasteiger charge is -2.37. The van der Waals surface area contributed by atoms with Gasteiger partial charge in [0.25, 0.3) is 0 Å². The second kappa shape index (κ2) is 10.7. The highest BCUT2D eigenvalue weighted by Crippen LogP contribution is 2.56. The predicted octanol–water partition coefficient (Wildman–Crippen LogP) is 4.67. The number of benzene rings is 1. The lowest BCUT2D eigenvalue weighted by atomic mass is 9.74. The third kappa shape index (κ3) is 4.47. The van der Waals surface area contributed by atoms with Crippen LogP contribution in [0.25, 0.3) is 0 Å². The van der Waals surface area contributed by atoms with Crippen molar-refractivity contribution in [3.63, 3.8) is 0 Å². The topological polar surface area (TPSA) is 87.7 Å². The molecule has 4 fully saturated rings. The molecule has 8 heteroatoms. The third-order valence-corrected chi connectivity index (χ3v) is 10.1. The van der Waals surface area contributed by atoms with Gasteiger partial charge < -0.3 is 20.3 Å². The zero-order chi connectivity index (χ0) is 26.3. The Morgan fingerprint density at radius 2 is 1.71 bits per heavy atom. The van der Waals surface area contributed by atoms with Crippen LogP contribution in [0.3, 0.4) is 0 Å². The molecule has 2 N–H and O–H groups in total. The van der Waals surface area contributed by atoms with Crippen molar-refractivity contribution in [2.45, 2.75) is 105 Å².